The minimum absolute atomic E-state index is 0.0155. The lowest BCUT2D eigenvalue weighted by Crippen LogP contribution is -2.44. The van der Waals surface area contributed by atoms with Crippen molar-refractivity contribution in [3.63, 3.8) is 0 Å². The molecule has 0 aliphatic carbocycles. The molecule has 5 nitrogen and oxygen atoms in total. The van der Waals surface area contributed by atoms with Crippen LogP contribution in [0.15, 0.2) is 24.3 Å². The van der Waals surface area contributed by atoms with Gasteiger partial charge in [0.25, 0.3) is 0 Å². The Hall–Kier alpha value is -1.08. The van der Waals surface area contributed by atoms with E-state index >= 15 is 0 Å². The zero-order chi connectivity index (χ0) is 9.19. The second-order valence-electron chi connectivity index (χ2n) is 2.31. The topological polar surface area (TPSA) is 93.0 Å². The number of rotatable bonds is 2. The first-order valence-electron chi connectivity index (χ1n) is 3.22. The van der Waals surface area contributed by atoms with Gasteiger partial charge < -0.3 is 24.5 Å². The zero-order valence-corrected chi connectivity index (χ0v) is 7.10. The SMILES string of the molecule is Oc1cccc(N[Si](O)(O)O)c1. The van der Waals surface area contributed by atoms with E-state index in [4.69, 9.17) is 19.5 Å². The average Bonchev–Trinajstić information content (AvgIpc) is 1.82. The molecule has 1 aromatic carbocycles. The van der Waals surface area contributed by atoms with Gasteiger partial charge in [-0.15, -0.1) is 0 Å². The lowest BCUT2D eigenvalue weighted by atomic mass is 10.3. The molecule has 0 spiro atoms. The first-order chi connectivity index (χ1) is 5.47. The third-order valence-electron chi connectivity index (χ3n) is 1.16. The van der Waals surface area contributed by atoms with Crippen LogP contribution >= 0.6 is 0 Å². The summed E-state index contributed by atoms with van der Waals surface area (Å²) < 4.78 is 0. The molecule has 0 saturated heterocycles. The summed E-state index contributed by atoms with van der Waals surface area (Å²) in [4.78, 5) is 27.9. The lowest BCUT2D eigenvalue weighted by Gasteiger charge is -2.11. The lowest BCUT2D eigenvalue weighted by molar-refractivity contribution is 0.239. The van der Waals surface area contributed by atoms with E-state index in [-0.39, 0.29) is 11.4 Å². The normalized spacial score (nSPS) is 11.2. The molecule has 0 amide bonds. The molecule has 66 valence electrons. The summed E-state index contributed by atoms with van der Waals surface area (Å²) in [5.74, 6) is -0.0155. The van der Waals surface area contributed by atoms with Crippen molar-refractivity contribution < 1.29 is 19.5 Å². The summed E-state index contributed by atoms with van der Waals surface area (Å²) in [6, 6.07) is 5.70. The number of benzene rings is 1. The fraction of sp³-hybridized carbons (Fsp3) is 0. The Bertz CT molecular complexity index is 272. The van der Waals surface area contributed by atoms with Gasteiger partial charge in [-0.3, -0.25) is 0 Å². The van der Waals surface area contributed by atoms with Crippen molar-refractivity contribution in [3.05, 3.63) is 24.3 Å². The number of hydrogen-bond acceptors (Lipinski definition) is 5. The van der Waals surface area contributed by atoms with Gasteiger partial charge in [-0.05, 0) is 12.1 Å². The Morgan fingerprint density at radius 3 is 2.33 bits per heavy atom. The average molecular weight is 187 g/mol. The van der Waals surface area contributed by atoms with Crippen LogP contribution in [0.1, 0.15) is 0 Å². The molecule has 0 fully saturated rings. The summed E-state index contributed by atoms with van der Waals surface area (Å²) >= 11 is 0. The van der Waals surface area contributed by atoms with Gasteiger partial charge in [0.2, 0.25) is 0 Å². The Balaban J connectivity index is 2.77. The van der Waals surface area contributed by atoms with Crippen LogP contribution in [0.5, 0.6) is 5.75 Å². The van der Waals surface area contributed by atoms with Crippen LogP contribution in [0, 0.1) is 0 Å². The number of hydrogen-bond donors (Lipinski definition) is 5. The van der Waals surface area contributed by atoms with Crippen molar-refractivity contribution in [2.45, 2.75) is 0 Å². The summed E-state index contributed by atoms with van der Waals surface area (Å²) in [7, 11) is -4.28. The Morgan fingerprint density at radius 1 is 1.17 bits per heavy atom. The van der Waals surface area contributed by atoms with E-state index in [2.05, 4.69) is 4.98 Å². The van der Waals surface area contributed by atoms with E-state index < -0.39 is 8.97 Å². The summed E-state index contributed by atoms with van der Waals surface area (Å²) in [6.45, 7) is 0. The monoisotopic (exact) mass is 187 g/mol. The fourth-order valence-corrected chi connectivity index (χ4v) is 1.32. The maximum Gasteiger partial charge on any atom is 0.622 e. The number of anilines is 1. The van der Waals surface area contributed by atoms with Crippen LogP contribution in [-0.2, 0) is 0 Å². The molecule has 0 unspecified atom stereocenters. The number of phenolic OH excluding ortho intramolecular Hbond substituents is 1. The van der Waals surface area contributed by atoms with Crippen molar-refractivity contribution in [1.82, 2.24) is 0 Å². The quantitative estimate of drug-likeness (QED) is 0.391. The molecule has 0 aliphatic heterocycles. The second-order valence-corrected chi connectivity index (χ2v) is 3.83. The number of phenols is 1. The molecule has 0 aliphatic rings. The van der Waals surface area contributed by atoms with Crippen molar-refractivity contribution in [2.24, 2.45) is 0 Å². The number of nitrogens with one attached hydrogen (secondary N) is 1. The first kappa shape index (κ1) is 9.01. The highest BCUT2D eigenvalue weighted by molar-refractivity contribution is 6.60. The van der Waals surface area contributed by atoms with Crippen LogP contribution in [0.3, 0.4) is 0 Å². The van der Waals surface area contributed by atoms with E-state index in [0.717, 1.165) is 0 Å². The largest absolute Gasteiger partial charge is 0.622 e. The van der Waals surface area contributed by atoms with Gasteiger partial charge in [0.15, 0.2) is 0 Å². The molecule has 1 aromatic rings. The third-order valence-corrected chi connectivity index (χ3v) is 1.78. The van der Waals surface area contributed by atoms with Gasteiger partial charge in [0.1, 0.15) is 5.75 Å². The second kappa shape index (κ2) is 3.11. The smallest absolute Gasteiger partial charge is 0.508 e. The molecule has 5 N–H and O–H groups in total. The Labute approximate surface area is 70.0 Å². The van der Waals surface area contributed by atoms with E-state index in [1.165, 1.54) is 24.3 Å². The van der Waals surface area contributed by atoms with Gasteiger partial charge in [-0.25, -0.2) is 0 Å². The van der Waals surface area contributed by atoms with Crippen molar-refractivity contribution >= 4 is 14.7 Å². The Morgan fingerprint density at radius 2 is 1.83 bits per heavy atom. The fourth-order valence-electron chi connectivity index (χ4n) is 0.777. The summed E-state index contributed by atoms with van der Waals surface area (Å²) in [5.41, 5.74) is 0.258. The molecule has 0 saturated carbocycles. The highest BCUT2D eigenvalue weighted by atomic mass is 28.4. The highest BCUT2D eigenvalue weighted by Crippen LogP contribution is 2.15. The Kier molecular flexibility index (Phi) is 2.34. The van der Waals surface area contributed by atoms with Gasteiger partial charge in [-0.2, -0.15) is 0 Å². The standard InChI is InChI=1S/C6H9NO4Si/c8-6-3-1-2-5(4-6)7-12(9,10)11/h1-4,7-11H. The molecule has 0 atom stereocenters. The maximum atomic E-state index is 8.94. The predicted octanol–water partition coefficient (Wildman–Crippen LogP) is -0.783. The third kappa shape index (κ3) is 2.89. The molecule has 12 heavy (non-hydrogen) atoms. The molecule has 6 heteroatoms. The van der Waals surface area contributed by atoms with E-state index in [1.807, 2.05) is 0 Å². The molecule has 0 heterocycles. The summed E-state index contributed by atoms with van der Waals surface area (Å²) in [5, 5.41) is 8.94. The van der Waals surface area contributed by atoms with Gasteiger partial charge in [-0.1, -0.05) is 6.07 Å². The van der Waals surface area contributed by atoms with Crippen LogP contribution in [0.2, 0.25) is 0 Å². The first-order valence-corrected chi connectivity index (χ1v) is 5.06. The summed E-state index contributed by atoms with van der Waals surface area (Å²) in [6.07, 6.45) is 0. The van der Waals surface area contributed by atoms with Gasteiger partial charge >= 0.3 is 8.97 Å². The van der Waals surface area contributed by atoms with Crippen molar-refractivity contribution in [3.8, 4) is 5.75 Å². The predicted molar refractivity (Wildman–Crippen MR) is 44.1 cm³/mol. The molecular formula is C6H9NO4Si. The van der Waals surface area contributed by atoms with Crippen LogP contribution in [0.25, 0.3) is 0 Å². The number of aromatic hydroxyl groups is 1. The van der Waals surface area contributed by atoms with Crippen molar-refractivity contribution in [1.29, 1.82) is 0 Å². The van der Waals surface area contributed by atoms with E-state index in [0.29, 0.717) is 0 Å². The van der Waals surface area contributed by atoms with Gasteiger partial charge in [0, 0.05) is 11.8 Å². The molecule has 0 aromatic heterocycles. The van der Waals surface area contributed by atoms with Crippen LogP contribution in [0.4, 0.5) is 5.69 Å². The zero-order valence-electron chi connectivity index (χ0n) is 6.10. The molecule has 0 bridgehead atoms. The minimum atomic E-state index is -4.28. The molecular weight excluding hydrogens is 178 g/mol. The molecule has 1 rings (SSSR count). The van der Waals surface area contributed by atoms with Crippen molar-refractivity contribution in [2.75, 3.05) is 4.98 Å². The van der Waals surface area contributed by atoms with Crippen LogP contribution < -0.4 is 4.98 Å². The minimum Gasteiger partial charge on any atom is -0.508 e. The van der Waals surface area contributed by atoms with Gasteiger partial charge in [0.05, 0.1) is 0 Å². The van der Waals surface area contributed by atoms with Crippen LogP contribution in [-0.4, -0.2) is 28.5 Å². The van der Waals surface area contributed by atoms with E-state index in [1.54, 1.807) is 0 Å². The van der Waals surface area contributed by atoms with E-state index in [9.17, 15) is 0 Å². The molecule has 0 radical (unpaired) electrons. The highest BCUT2D eigenvalue weighted by Gasteiger charge is 2.27. The maximum absolute atomic E-state index is 8.94.